The van der Waals surface area contributed by atoms with Crippen LogP contribution in [0.4, 0.5) is 0 Å². The lowest BCUT2D eigenvalue weighted by atomic mass is 9.98. The molecule has 31 heavy (non-hydrogen) atoms. The monoisotopic (exact) mass is 435 g/mol. The predicted octanol–water partition coefficient (Wildman–Crippen LogP) is 5.45. The van der Waals surface area contributed by atoms with E-state index in [4.69, 9.17) is 14.8 Å². The summed E-state index contributed by atoms with van der Waals surface area (Å²) in [5, 5.41) is 10.0. The van der Waals surface area contributed by atoms with Crippen molar-refractivity contribution >= 4 is 23.1 Å². The van der Waals surface area contributed by atoms with Crippen molar-refractivity contribution in [2.75, 3.05) is 6.61 Å². The fourth-order valence-corrected chi connectivity index (χ4v) is 5.06. The number of ketones is 1. The Hall–Kier alpha value is -2.99. The van der Waals surface area contributed by atoms with E-state index in [-0.39, 0.29) is 18.1 Å². The van der Waals surface area contributed by atoms with Gasteiger partial charge in [-0.25, -0.2) is 4.98 Å². The number of carbonyl (C=O) groups excluding carboxylic acids is 1. The zero-order chi connectivity index (χ0) is 22.0. The number of ether oxygens (including phenoxy) is 1. The van der Waals surface area contributed by atoms with Crippen molar-refractivity contribution < 1.29 is 19.4 Å². The summed E-state index contributed by atoms with van der Waals surface area (Å²) in [6, 6.07) is 13.6. The quantitative estimate of drug-likeness (QED) is 0.476. The highest BCUT2D eigenvalue weighted by Gasteiger charge is 2.24. The highest BCUT2D eigenvalue weighted by molar-refractivity contribution is 7.15. The number of hydrogen-bond acceptors (Lipinski definition) is 5. The van der Waals surface area contributed by atoms with Crippen LogP contribution in [0.2, 0.25) is 0 Å². The molecule has 1 unspecified atom stereocenters. The lowest BCUT2D eigenvalue weighted by molar-refractivity contribution is -0.137. The Morgan fingerprint density at radius 1 is 1.19 bits per heavy atom. The minimum absolute atomic E-state index is 0.0590. The molecule has 1 N–H and O–H groups in total. The zero-order valence-electron chi connectivity index (χ0n) is 17.7. The van der Waals surface area contributed by atoms with Crippen molar-refractivity contribution in [2.45, 2.75) is 45.4 Å². The van der Waals surface area contributed by atoms with Crippen LogP contribution < -0.4 is 4.74 Å². The number of carbonyl (C=O) groups is 2. The Morgan fingerprint density at radius 3 is 2.68 bits per heavy atom. The summed E-state index contributed by atoms with van der Waals surface area (Å²) < 4.78 is 5.97. The van der Waals surface area contributed by atoms with Crippen LogP contribution in [0.1, 0.15) is 57.7 Å². The molecule has 1 heterocycles. The van der Waals surface area contributed by atoms with Gasteiger partial charge in [0.25, 0.3) is 0 Å². The van der Waals surface area contributed by atoms with Gasteiger partial charge in [-0.1, -0.05) is 30.3 Å². The molecule has 160 valence electrons. The minimum Gasteiger partial charge on any atom is -0.493 e. The third kappa shape index (κ3) is 4.85. The molecular formula is C25H25NO4S. The van der Waals surface area contributed by atoms with Crippen molar-refractivity contribution in [3.8, 4) is 16.3 Å². The molecule has 1 aromatic heterocycles. The molecule has 0 saturated heterocycles. The summed E-state index contributed by atoms with van der Waals surface area (Å²) in [6.07, 6.45) is 2.70. The van der Waals surface area contributed by atoms with Crippen LogP contribution in [-0.4, -0.2) is 28.4 Å². The molecule has 1 aliphatic rings. The van der Waals surface area contributed by atoms with Gasteiger partial charge < -0.3 is 9.84 Å². The summed E-state index contributed by atoms with van der Waals surface area (Å²) in [7, 11) is 0. The molecule has 0 saturated carbocycles. The van der Waals surface area contributed by atoms with E-state index in [0.717, 1.165) is 40.4 Å². The van der Waals surface area contributed by atoms with Gasteiger partial charge in [0.05, 0.1) is 18.7 Å². The lowest BCUT2D eigenvalue weighted by Crippen LogP contribution is -2.04. The Labute approximate surface area is 185 Å². The molecule has 1 aliphatic carbocycles. The first-order valence-corrected chi connectivity index (χ1v) is 11.3. The number of nitrogens with zero attached hydrogens (tertiary/aromatic N) is 1. The molecule has 4 rings (SSSR count). The second-order valence-corrected chi connectivity index (χ2v) is 9.15. The molecule has 2 aromatic carbocycles. The molecule has 0 fully saturated rings. The first-order valence-electron chi connectivity index (χ1n) is 10.5. The van der Waals surface area contributed by atoms with Gasteiger partial charge in [-0.3, -0.25) is 9.59 Å². The number of aryl methyl sites for hydroxylation is 2. The van der Waals surface area contributed by atoms with Gasteiger partial charge in [0.15, 0.2) is 5.78 Å². The fourth-order valence-electron chi connectivity index (χ4n) is 4.09. The molecule has 5 nitrogen and oxygen atoms in total. The summed E-state index contributed by atoms with van der Waals surface area (Å²) in [6.45, 7) is 4.17. The summed E-state index contributed by atoms with van der Waals surface area (Å²) in [5.74, 6) is 0.249. The zero-order valence-corrected chi connectivity index (χ0v) is 18.5. The van der Waals surface area contributed by atoms with Crippen molar-refractivity contribution in [1.82, 2.24) is 4.98 Å². The highest BCUT2D eigenvalue weighted by Crippen LogP contribution is 2.37. The predicted molar refractivity (Wildman–Crippen MR) is 121 cm³/mol. The maximum atomic E-state index is 11.5. The number of benzene rings is 2. The van der Waals surface area contributed by atoms with Crippen molar-refractivity contribution in [1.29, 1.82) is 0 Å². The van der Waals surface area contributed by atoms with E-state index in [9.17, 15) is 9.59 Å². The average molecular weight is 436 g/mol. The number of aliphatic carboxylic acids is 1. The van der Waals surface area contributed by atoms with Crippen LogP contribution >= 0.6 is 11.3 Å². The number of aromatic nitrogens is 1. The van der Waals surface area contributed by atoms with E-state index in [1.165, 1.54) is 10.4 Å². The van der Waals surface area contributed by atoms with Crippen molar-refractivity contribution in [3.05, 3.63) is 69.7 Å². The van der Waals surface area contributed by atoms with E-state index < -0.39 is 5.97 Å². The summed E-state index contributed by atoms with van der Waals surface area (Å²) in [5.41, 5.74) is 5.09. The molecule has 6 heteroatoms. The van der Waals surface area contributed by atoms with Gasteiger partial charge in [-0.15, -0.1) is 11.3 Å². The number of thiazole rings is 1. The summed E-state index contributed by atoms with van der Waals surface area (Å²) >= 11 is 1.65. The van der Waals surface area contributed by atoms with Crippen LogP contribution in [0, 0.1) is 6.92 Å². The second-order valence-electron chi connectivity index (χ2n) is 7.95. The molecule has 3 aromatic rings. The number of rotatable bonds is 8. The minimum atomic E-state index is -0.744. The van der Waals surface area contributed by atoms with Crippen LogP contribution in [0.5, 0.6) is 5.75 Å². The first-order chi connectivity index (χ1) is 14.9. The highest BCUT2D eigenvalue weighted by atomic mass is 32.1. The van der Waals surface area contributed by atoms with E-state index >= 15 is 0 Å². The number of carboxylic acids is 1. The Kier molecular flexibility index (Phi) is 6.18. The topological polar surface area (TPSA) is 76.5 Å². The van der Waals surface area contributed by atoms with E-state index in [0.29, 0.717) is 18.6 Å². The number of carboxylic acid groups (broad SMARTS) is 1. The van der Waals surface area contributed by atoms with Gasteiger partial charge in [-0.05, 0) is 55.9 Å². The second kappa shape index (κ2) is 9.02. The van der Waals surface area contributed by atoms with Gasteiger partial charge in [0.1, 0.15) is 10.8 Å². The van der Waals surface area contributed by atoms with Crippen LogP contribution in [0.15, 0.2) is 42.5 Å². The van der Waals surface area contributed by atoms with E-state index in [2.05, 4.69) is 6.92 Å². The molecular weight excluding hydrogens is 410 g/mol. The number of hydrogen-bond donors (Lipinski definition) is 1. The molecule has 0 bridgehead atoms. The molecule has 0 radical (unpaired) electrons. The van der Waals surface area contributed by atoms with E-state index in [1.54, 1.807) is 18.3 Å². The van der Waals surface area contributed by atoms with E-state index in [1.807, 2.05) is 42.5 Å². The number of Topliss-reactive ketones (excluding diaryl/α,β-unsaturated/α-hetero) is 1. The SMILES string of the molecule is CC(=O)c1ccc(-c2nc(CCOc3ccc4c(c3)CCC4CC(=O)O)c(C)s2)cc1. The van der Waals surface area contributed by atoms with Gasteiger partial charge in [0.2, 0.25) is 0 Å². The third-order valence-corrected chi connectivity index (χ3v) is 6.84. The lowest BCUT2D eigenvalue weighted by Gasteiger charge is -2.10. The largest absolute Gasteiger partial charge is 0.493 e. The maximum absolute atomic E-state index is 11.5. The molecule has 0 aliphatic heterocycles. The van der Waals surface area contributed by atoms with Crippen LogP contribution in [0.3, 0.4) is 0 Å². The van der Waals surface area contributed by atoms with Crippen molar-refractivity contribution in [3.63, 3.8) is 0 Å². The number of fused-ring (bicyclic) bond motifs is 1. The third-order valence-electron chi connectivity index (χ3n) is 5.78. The standard InChI is InChI=1S/C25H25NO4S/c1-15(27)17-3-5-18(6-4-17)25-26-23(16(2)31-25)11-12-30-21-9-10-22-19(13-21)7-8-20(22)14-24(28)29/h3-6,9-10,13,20H,7-8,11-12,14H2,1-2H3,(H,28,29). The Bertz CT molecular complexity index is 1120. The maximum Gasteiger partial charge on any atom is 0.303 e. The van der Waals surface area contributed by atoms with Gasteiger partial charge in [0, 0.05) is 22.4 Å². The van der Waals surface area contributed by atoms with Gasteiger partial charge >= 0.3 is 5.97 Å². The fraction of sp³-hybridized carbons (Fsp3) is 0.320. The molecule has 0 spiro atoms. The van der Waals surface area contributed by atoms with Crippen LogP contribution in [-0.2, 0) is 17.6 Å². The average Bonchev–Trinajstić information content (AvgIpc) is 3.31. The van der Waals surface area contributed by atoms with Crippen molar-refractivity contribution in [2.24, 2.45) is 0 Å². The summed E-state index contributed by atoms with van der Waals surface area (Å²) in [4.78, 5) is 28.4. The molecule has 0 amide bonds. The molecule has 1 atom stereocenters. The Morgan fingerprint density at radius 2 is 1.97 bits per heavy atom. The first kappa shape index (κ1) is 21.2. The Balaban J connectivity index is 1.37. The van der Waals surface area contributed by atoms with Crippen LogP contribution in [0.25, 0.3) is 10.6 Å². The smallest absolute Gasteiger partial charge is 0.303 e. The normalized spacial score (nSPS) is 15.0. The van der Waals surface area contributed by atoms with Gasteiger partial charge in [-0.2, -0.15) is 0 Å².